The average Bonchev–Trinajstić information content (AvgIpc) is 2.92. The summed E-state index contributed by atoms with van der Waals surface area (Å²) in [6.07, 6.45) is 4.44. The predicted molar refractivity (Wildman–Crippen MR) is 83.1 cm³/mol. The number of carbonyl (C=O) groups excluding carboxylic acids is 1. The highest BCUT2D eigenvalue weighted by molar-refractivity contribution is 7.17. The van der Waals surface area contributed by atoms with Crippen LogP contribution in [0.2, 0.25) is 0 Å². The molecule has 0 bridgehead atoms. The zero-order valence-corrected chi connectivity index (χ0v) is 13.4. The van der Waals surface area contributed by atoms with E-state index in [1.165, 1.54) is 11.3 Å². The number of anilines is 1. The lowest BCUT2D eigenvalue weighted by Crippen LogP contribution is -2.37. The monoisotopic (exact) mass is 296 g/mol. The molecule has 0 radical (unpaired) electrons. The second-order valence-electron chi connectivity index (χ2n) is 5.31. The number of thiazole rings is 1. The maximum Gasteiger partial charge on any atom is 0.186 e. The Balaban J connectivity index is 2.06. The fourth-order valence-corrected chi connectivity index (χ4v) is 3.60. The second-order valence-corrected chi connectivity index (χ2v) is 6.32. The van der Waals surface area contributed by atoms with Crippen LogP contribution in [0, 0.1) is 0 Å². The van der Waals surface area contributed by atoms with Gasteiger partial charge in [-0.05, 0) is 32.1 Å². The Kier molecular flexibility index (Phi) is 5.54. The first kappa shape index (κ1) is 15.4. The molecule has 0 aromatic carbocycles. The molecule has 1 aliphatic heterocycles. The van der Waals surface area contributed by atoms with Gasteiger partial charge in [0.2, 0.25) is 0 Å². The van der Waals surface area contributed by atoms with Crippen LogP contribution < -0.4 is 4.90 Å². The number of rotatable bonds is 6. The van der Waals surface area contributed by atoms with Crippen molar-refractivity contribution in [2.75, 3.05) is 24.6 Å². The van der Waals surface area contributed by atoms with Crippen LogP contribution in [-0.2, 0) is 4.74 Å². The third-order valence-electron chi connectivity index (χ3n) is 3.97. The number of hydrogen-bond donors (Lipinski definition) is 0. The molecule has 1 aromatic heterocycles. The molecule has 0 spiro atoms. The Labute approximate surface area is 125 Å². The SMILES string of the molecule is CCOC1CCN(c2nc(C(C)CC)c(C=O)s2)CC1. The Morgan fingerprint density at radius 2 is 2.15 bits per heavy atom. The largest absolute Gasteiger partial charge is 0.378 e. The molecule has 20 heavy (non-hydrogen) atoms. The van der Waals surface area contributed by atoms with Crippen LogP contribution in [0.1, 0.15) is 61.3 Å². The normalized spacial score (nSPS) is 18.2. The quantitative estimate of drug-likeness (QED) is 0.754. The van der Waals surface area contributed by atoms with Gasteiger partial charge in [0.15, 0.2) is 11.4 Å². The van der Waals surface area contributed by atoms with Crippen molar-refractivity contribution in [3.63, 3.8) is 0 Å². The van der Waals surface area contributed by atoms with Crippen molar-refractivity contribution in [3.05, 3.63) is 10.6 Å². The van der Waals surface area contributed by atoms with E-state index in [9.17, 15) is 4.79 Å². The van der Waals surface area contributed by atoms with Crippen LogP contribution in [0.25, 0.3) is 0 Å². The van der Waals surface area contributed by atoms with Crippen molar-refractivity contribution in [1.82, 2.24) is 4.98 Å². The lowest BCUT2D eigenvalue weighted by atomic mass is 10.0. The summed E-state index contributed by atoms with van der Waals surface area (Å²) in [4.78, 5) is 19.0. The maximum absolute atomic E-state index is 11.2. The van der Waals surface area contributed by atoms with Crippen LogP contribution >= 0.6 is 11.3 Å². The minimum absolute atomic E-state index is 0.348. The van der Waals surface area contributed by atoms with Crippen molar-refractivity contribution in [1.29, 1.82) is 0 Å². The number of piperidine rings is 1. The Morgan fingerprint density at radius 1 is 1.45 bits per heavy atom. The van der Waals surface area contributed by atoms with Crippen LogP contribution in [0.3, 0.4) is 0 Å². The summed E-state index contributed by atoms with van der Waals surface area (Å²) in [5.41, 5.74) is 0.967. The average molecular weight is 296 g/mol. The molecule has 1 saturated heterocycles. The first-order chi connectivity index (χ1) is 9.69. The first-order valence-electron chi connectivity index (χ1n) is 7.52. The lowest BCUT2D eigenvalue weighted by Gasteiger charge is -2.31. The van der Waals surface area contributed by atoms with E-state index in [2.05, 4.69) is 18.7 Å². The smallest absolute Gasteiger partial charge is 0.186 e. The highest BCUT2D eigenvalue weighted by atomic mass is 32.1. The fourth-order valence-electron chi connectivity index (χ4n) is 2.55. The van der Waals surface area contributed by atoms with Crippen molar-refractivity contribution < 1.29 is 9.53 Å². The van der Waals surface area contributed by atoms with E-state index in [1.807, 2.05) is 6.92 Å². The summed E-state index contributed by atoms with van der Waals surface area (Å²) in [7, 11) is 0. The van der Waals surface area contributed by atoms with Crippen LogP contribution in [0.15, 0.2) is 0 Å². The summed E-state index contributed by atoms with van der Waals surface area (Å²) in [5.74, 6) is 0.348. The van der Waals surface area contributed by atoms with Crippen LogP contribution in [-0.4, -0.2) is 37.1 Å². The lowest BCUT2D eigenvalue weighted by molar-refractivity contribution is 0.0459. The third kappa shape index (κ3) is 3.38. The number of nitrogens with zero attached hydrogens (tertiary/aromatic N) is 2. The summed E-state index contributed by atoms with van der Waals surface area (Å²) in [6, 6.07) is 0. The van der Waals surface area contributed by atoms with Crippen LogP contribution in [0.4, 0.5) is 5.13 Å². The molecule has 2 heterocycles. The van der Waals surface area contributed by atoms with Gasteiger partial charge in [0.05, 0.1) is 16.7 Å². The third-order valence-corrected chi connectivity index (χ3v) is 5.03. The molecule has 1 aromatic rings. The molecule has 5 heteroatoms. The molecule has 0 saturated carbocycles. The van der Waals surface area contributed by atoms with E-state index in [4.69, 9.17) is 9.72 Å². The van der Waals surface area contributed by atoms with Gasteiger partial charge in [0, 0.05) is 19.7 Å². The minimum Gasteiger partial charge on any atom is -0.378 e. The minimum atomic E-state index is 0.348. The predicted octanol–water partition coefficient (Wildman–Crippen LogP) is 3.47. The summed E-state index contributed by atoms with van der Waals surface area (Å²) in [6.45, 7) is 9.03. The Hall–Kier alpha value is -0.940. The highest BCUT2D eigenvalue weighted by Crippen LogP contribution is 2.32. The molecule has 1 fully saturated rings. The van der Waals surface area contributed by atoms with Gasteiger partial charge in [-0.15, -0.1) is 0 Å². The Bertz CT molecular complexity index is 439. The van der Waals surface area contributed by atoms with E-state index in [1.54, 1.807) is 0 Å². The highest BCUT2D eigenvalue weighted by Gasteiger charge is 2.24. The number of hydrogen-bond acceptors (Lipinski definition) is 5. The van der Waals surface area contributed by atoms with Gasteiger partial charge in [-0.1, -0.05) is 25.2 Å². The molecule has 2 rings (SSSR count). The number of carbonyl (C=O) groups is 1. The van der Waals surface area contributed by atoms with Crippen molar-refractivity contribution in [2.24, 2.45) is 0 Å². The summed E-state index contributed by atoms with van der Waals surface area (Å²) >= 11 is 1.53. The fraction of sp³-hybridized carbons (Fsp3) is 0.733. The molecule has 0 N–H and O–H groups in total. The summed E-state index contributed by atoms with van der Waals surface area (Å²) < 4.78 is 5.67. The van der Waals surface area contributed by atoms with E-state index in [0.717, 1.165) is 60.9 Å². The molecule has 0 aliphatic carbocycles. The number of ether oxygens (including phenoxy) is 1. The van der Waals surface area contributed by atoms with Crippen molar-refractivity contribution in [3.8, 4) is 0 Å². The molecule has 1 atom stereocenters. The van der Waals surface area contributed by atoms with Gasteiger partial charge in [0.1, 0.15) is 0 Å². The molecule has 112 valence electrons. The standard InChI is InChI=1S/C15H24N2O2S/c1-4-11(3)14-13(10-18)20-15(16-14)17-8-6-12(7-9-17)19-5-2/h10-12H,4-9H2,1-3H3. The summed E-state index contributed by atoms with van der Waals surface area (Å²) in [5, 5.41) is 0.998. The van der Waals surface area contributed by atoms with Gasteiger partial charge >= 0.3 is 0 Å². The van der Waals surface area contributed by atoms with Gasteiger partial charge in [-0.25, -0.2) is 4.98 Å². The molecular formula is C15H24N2O2S. The molecule has 0 amide bonds. The molecule has 1 aliphatic rings. The topological polar surface area (TPSA) is 42.4 Å². The van der Waals surface area contributed by atoms with E-state index in [0.29, 0.717) is 12.0 Å². The Morgan fingerprint density at radius 3 is 2.70 bits per heavy atom. The van der Waals surface area contributed by atoms with Crippen molar-refractivity contribution >= 4 is 22.8 Å². The second kappa shape index (κ2) is 7.18. The van der Waals surface area contributed by atoms with Gasteiger partial charge in [-0.2, -0.15) is 0 Å². The molecule has 1 unspecified atom stereocenters. The zero-order valence-electron chi connectivity index (χ0n) is 12.6. The number of aromatic nitrogens is 1. The molecule has 4 nitrogen and oxygen atoms in total. The van der Waals surface area contributed by atoms with Gasteiger partial charge < -0.3 is 9.64 Å². The first-order valence-corrected chi connectivity index (χ1v) is 8.33. The molecular weight excluding hydrogens is 272 g/mol. The maximum atomic E-state index is 11.2. The van der Waals surface area contributed by atoms with E-state index >= 15 is 0 Å². The van der Waals surface area contributed by atoms with Gasteiger partial charge in [0.25, 0.3) is 0 Å². The van der Waals surface area contributed by atoms with E-state index in [-0.39, 0.29) is 0 Å². The van der Waals surface area contributed by atoms with Crippen LogP contribution in [0.5, 0.6) is 0 Å². The van der Waals surface area contributed by atoms with Crippen molar-refractivity contribution in [2.45, 2.75) is 52.1 Å². The van der Waals surface area contributed by atoms with Gasteiger partial charge in [-0.3, -0.25) is 4.79 Å². The zero-order chi connectivity index (χ0) is 14.5. The number of aldehydes is 1. The van der Waals surface area contributed by atoms with E-state index < -0.39 is 0 Å².